The zero-order valence-electron chi connectivity index (χ0n) is 21.8. The molecular formula is C27H33N2O7-. The summed E-state index contributed by atoms with van der Waals surface area (Å²) < 4.78 is 11.4. The Hall–Kier alpha value is -3.62. The topological polar surface area (TPSA) is 142 Å². The van der Waals surface area contributed by atoms with E-state index < -0.39 is 36.0 Å². The molecule has 0 spiro atoms. The summed E-state index contributed by atoms with van der Waals surface area (Å²) >= 11 is 0. The van der Waals surface area contributed by atoms with Gasteiger partial charge in [0.1, 0.15) is 11.2 Å². The fourth-order valence-corrected chi connectivity index (χ4v) is 4.28. The van der Waals surface area contributed by atoms with Crippen LogP contribution in [-0.4, -0.2) is 30.4 Å². The standard InChI is InChI=1S/C27H34N2O7/c1-8-13(2)22(25(32)33)29-21(31)11-28-20(30)10-17-14(3)16-9-18-19(27(5,6)7)12-35-23(18)15(4)24(16)36-26(17)34/h9,12-13,22H,8,10-11H2,1-7H3,(H,28,30)(H,29,31)(H,32,33)/p-1/t13-,22+/m1/s1. The molecule has 2 atom stereocenters. The number of furan rings is 1. The number of fused-ring (bicyclic) bond motifs is 2. The zero-order chi connectivity index (χ0) is 26.9. The number of hydrogen-bond acceptors (Lipinski definition) is 7. The highest BCUT2D eigenvalue weighted by Gasteiger charge is 2.24. The lowest BCUT2D eigenvalue weighted by Crippen LogP contribution is -2.53. The number of carbonyl (C=O) groups excluding carboxylic acids is 3. The minimum Gasteiger partial charge on any atom is -0.548 e. The van der Waals surface area contributed by atoms with Gasteiger partial charge in [0.25, 0.3) is 0 Å². The molecule has 0 bridgehead atoms. The lowest BCUT2D eigenvalue weighted by molar-refractivity contribution is -0.309. The molecule has 36 heavy (non-hydrogen) atoms. The molecule has 0 aliphatic carbocycles. The fraction of sp³-hybridized carbons (Fsp3) is 0.481. The Kier molecular flexibility index (Phi) is 7.62. The van der Waals surface area contributed by atoms with Crippen molar-refractivity contribution < 1.29 is 28.3 Å². The molecule has 2 heterocycles. The van der Waals surface area contributed by atoms with Crippen molar-refractivity contribution in [2.24, 2.45) is 5.92 Å². The summed E-state index contributed by atoms with van der Waals surface area (Å²) in [4.78, 5) is 48.8. The molecule has 1 aromatic carbocycles. The molecule has 0 unspecified atom stereocenters. The van der Waals surface area contributed by atoms with Gasteiger partial charge in [-0.3, -0.25) is 9.59 Å². The largest absolute Gasteiger partial charge is 0.548 e. The first-order chi connectivity index (χ1) is 16.8. The molecule has 0 aliphatic rings. The van der Waals surface area contributed by atoms with Crippen molar-refractivity contribution in [1.82, 2.24) is 10.6 Å². The van der Waals surface area contributed by atoms with Crippen molar-refractivity contribution in [2.45, 2.75) is 72.8 Å². The summed E-state index contributed by atoms with van der Waals surface area (Å²) in [6.07, 6.45) is 1.96. The zero-order valence-corrected chi connectivity index (χ0v) is 21.8. The van der Waals surface area contributed by atoms with Gasteiger partial charge < -0.3 is 29.4 Å². The monoisotopic (exact) mass is 497 g/mol. The number of hydrogen-bond donors (Lipinski definition) is 2. The van der Waals surface area contributed by atoms with Gasteiger partial charge in [0.05, 0.1) is 36.8 Å². The number of benzene rings is 1. The Morgan fingerprint density at radius 2 is 1.72 bits per heavy atom. The van der Waals surface area contributed by atoms with Crippen LogP contribution in [0.1, 0.15) is 63.3 Å². The average molecular weight is 498 g/mol. The van der Waals surface area contributed by atoms with Crippen LogP contribution >= 0.6 is 0 Å². The predicted octanol–water partition coefficient (Wildman–Crippen LogP) is 2.39. The van der Waals surface area contributed by atoms with Crippen molar-refractivity contribution in [3.05, 3.63) is 45.0 Å². The van der Waals surface area contributed by atoms with E-state index in [1.165, 1.54) is 0 Å². The van der Waals surface area contributed by atoms with Crippen LogP contribution in [0.4, 0.5) is 0 Å². The van der Waals surface area contributed by atoms with Gasteiger partial charge in [0, 0.05) is 21.9 Å². The molecule has 9 heteroatoms. The third-order valence-electron chi connectivity index (χ3n) is 6.72. The van der Waals surface area contributed by atoms with Crippen LogP contribution in [0.5, 0.6) is 0 Å². The molecule has 2 amide bonds. The van der Waals surface area contributed by atoms with Gasteiger partial charge >= 0.3 is 5.63 Å². The number of nitrogens with one attached hydrogen (secondary N) is 2. The summed E-state index contributed by atoms with van der Waals surface area (Å²) in [7, 11) is 0. The minimum absolute atomic E-state index is 0.164. The molecular weight excluding hydrogens is 464 g/mol. The van der Waals surface area contributed by atoms with E-state index in [1.807, 2.05) is 13.0 Å². The number of carbonyl (C=O) groups is 3. The quantitative estimate of drug-likeness (QED) is 0.455. The van der Waals surface area contributed by atoms with Crippen LogP contribution < -0.4 is 21.4 Å². The molecule has 9 nitrogen and oxygen atoms in total. The lowest BCUT2D eigenvalue weighted by Gasteiger charge is -2.25. The SMILES string of the molecule is CC[C@@H](C)[C@H](NC(=O)CNC(=O)Cc1c(C)c2cc3c(C(C)(C)C)coc3c(C)c2oc1=O)C(=O)[O-]. The third kappa shape index (κ3) is 5.29. The van der Waals surface area contributed by atoms with Crippen LogP contribution in [0, 0.1) is 19.8 Å². The number of amides is 2. The second kappa shape index (κ2) is 10.2. The van der Waals surface area contributed by atoms with Crippen molar-refractivity contribution >= 4 is 39.7 Å². The molecule has 0 radical (unpaired) electrons. The Bertz CT molecular complexity index is 1390. The van der Waals surface area contributed by atoms with Crippen molar-refractivity contribution in [2.75, 3.05) is 6.54 Å². The van der Waals surface area contributed by atoms with Gasteiger partial charge in [0.15, 0.2) is 0 Å². The molecule has 194 valence electrons. The van der Waals surface area contributed by atoms with E-state index in [0.717, 1.165) is 10.9 Å². The number of carboxylic acids is 1. The first-order valence-corrected chi connectivity index (χ1v) is 12.0. The van der Waals surface area contributed by atoms with Crippen LogP contribution in [-0.2, 0) is 26.2 Å². The van der Waals surface area contributed by atoms with Crippen LogP contribution in [0.25, 0.3) is 21.9 Å². The highest BCUT2D eigenvalue weighted by Crippen LogP contribution is 2.37. The molecule has 0 fully saturated rings. The van der Waals surface area contributed by atoms with Crippen LogP contribution in [0.2, 0.25) is 0 Å². The molecule has 0 saturated heterocycles. The molecule has 3 rings (SSSR count). The second-order valence-electron chi connectivity index (χ2n) is 10.4. The van der Waals surface area contributed by atoms with Crippen molar-refractivity contribution in [3.63, 3.8) is 0 Å². The van der Waals surface area contributed by atoms with Gasteiger partial charge in [-0.2, -0.15) is 0 Å². The average Bonchev–Trinajstić information content (AvgIpc) is 3.24. The van der Waals surface area contributed by atoms with E-state index >= 15 is 0 Å². The Labute approximate surface area is 209 Å². The first kappa shape index (κ1) is 27.0. The maximum atomic E-state index is 12.8. The van der Waals surface area contributed by atoms with Gasteiger partial charge in [0.2, 0.25) is 11.8 Å². The Morgan fingerprint density at radius 3 is 2.31 bits per heavy atom. The summed E-state index contributed by atoms with van der Waals surface area (Å²) in [5.74, 6) is -2.94. The number of aryl methyl sites for hydroxylation is 2. The van der Waals surface area contributed by atoms with Crippen LogP contribution in [0.15, 0.2) is 26.0 Å². The number of rotatable bonds is 8. The third-order valence-corrected chi connectivity index (χ3v) is 6.72. The van der Waals surface area contributed by atoms with E-state index in [1.54, 1.807) is 27.0 Å². The minimum atomic E-state index is -1.38. The Balaban J connectivity index is 1.85. The Morgan fingerprint density at radius 1 is 1.06 bits per heavy atom. The van der Waals surface area contributed by atoms with Gasteiger partial charge in [-0.25, -0.2) is 4.79 Å². The lowest BCUT2D eigenvalue weighted by atomic mass is 9.86. The smallest absolute Gasteiger partial charge is 0.340 e. The van der Waals surface area contributed by atoms with Gasteiger partial charge in [-0.15, -0.1) is 0 Å². The van der Waals surface area contributed by atoms with Crippen molar-refractivity contribution in [1.29, 1.82) is 0 Å². The van der Waals surface area contributed by atoms with E-state index in [4.69, 9.17) is 8.83 Å². The van der Waals surface area contributed by atoms with Crippen molar-refractivity contribution in [3.8, 4) is 0 Å². The maximum absolute atomic E-state index is 12.8. The maximum Gasteiger partial charge on any atom is 0.340 e. The first-order valence-electron chi connectivity index (χ1n) is 12.0. The summed E-state index contributed by atoms with van der Waals surface area (Å²) in [5.41, 5.74) is 2.77. The van der Waals surface area contributed by atoms with Gasteiger partial charge in [-0.05, 0) is 36.8 Å². The fourth-order valence-electron chi connectivity index (χ4n) is 4.28. The van der Waals surface area contributed by atoms with E-state index in [2.05, 4.69) is 31.4 Å². The molecule has 3 aromatic rings. The summed E-state index contributed by atoms with van der Waals surface area (Å²) in [6, 6.07) is 0.763. The summed E-state index contributed by atoms with van der Waals surface area (Å²) in [5, 5.41) is 17.7. The van der Waals surface area contributed by atoms with Gasteiger partial charge in [-0.1, -0.05) is 41.0 Å². The van der Waals surface area contributed by atoms with E-state index in [9.17, 15) is 24.3 Å². The normalized spacial score (nSPS) is 13.5. The number of aliphatic carboxylic acids is 1. The van der Waals surface area contributed by atoms with E-state index in [-0.39, 0.29) is 23.3 Å². The summed E-state index contributed by atoms with van der Waals surface area (Å²) in [6.45, 7) is 12.9. The van der Waals surface area contributed by atoms with Crippen LogP contribution in [0.3, 0.4) is 0 Å². The second-order valence-corrected chi connectivity index (χ2v) is 10.4. The highest BCUT2D eigenvalue weighted by molar-refractivity contribution is 6.00. The number of carboxylic acid groups (broad SMARTS) is 1. The predicted molar refractivity (Wildman–Crippen MR) is 134 cm³/mol. The molecule has 0 saturated carbocycles. The molecule has 2 N–H and O–H groups in total. The molecule has 2 aromatic heterocycles. The highest BCUT2D eigenvalue weighted by atomic mass is 16.4. The van der Waals surface area contributed by atoms with E-state index in [0.29, 0.717) is 34.1 Å². The molecule has 0 aliphatic heterocycles.